The van der Waals surface area contributed by atoms with Gasteiger partial charge in [-0.25, -0.2) is 4.90 Å². The van der Waals surface area contributed by atoms with Crippen LogP contribution in [0.3, 0.4) is 0 Å². The number of carbonyl (C=O) groups is 4. The normalized spacial score (nSPS) is 27.6. The number of carbonyl (C=O) groups excluding carboxylic acids is 4. The van der Waals surface area contributed by atoms with Crippen molar-refractivity contribution in [1.82, 2.24) is 0 Å². The van der Waals surface area contributed by atoms with Crippen LogP contribution in [0.4, 0.5) is 11.4 Å². The van der Waals surface area contributed by atoms with Crippen molar-refractivity contribution in [1.29, 1.82) is 0 Å². The highest BCUT2D eigenvalue weighted by Crippen LogP contribution is 2.45. The van der Waals surface area contributed by atoms with Crippen LogP contribution < -0.4 is 14.5 Å². The molecule has 0 aromatic heterocycles. The van der Waals surface area contributed by atoms with E-state index < -0.39 is 11.9 Å². The molecule has 3 amide bonds. The van der Waals surface area contributed by atoms with Crippen molar-refractivity contribution in [3.63, 3.8) is 0 Å². The summed E-state index contributed by atoms with van der Waals surface area (Å²) in [5.41, 5.74) is 4.01. The minimum absolute atomic E-state index is 0.0893. The highest BCUT2D eigenvalue weighted by Gasteiger charge is 2.52. The lowest BCUT2D eigenvalue weighted by atomic mass is 9.81. The van der Waals surface area contributed by atoms with Gasteiger partial charge < -0.3 is 9.64 Å². The Morgan fingerprint density at radius 2 is 1.51 bits per heavy atom. The van der Waals surface area contributed by atoms with E-state index in [4.69, 9.17) is 4.74 Å². The molecule has 0 bridgehead atoms. The SMILES string of the molecule is Cc1ccc(C)c(N2C[C@H](C(=O)Oc3ccc(N4C(=O)[C@H]5C[C@@H](Br)[C@@H](Br)C[C@H]5C4=O)c(C)c3)CC2=O)c1. The average Bonchev–Trinajstić information content (AvgIpc) is 3.34. The van der Waals surface area contributed by atoms with E-state index in [2.05, 4.69) is 31.9 Å². The molecule has 0 spiro atoms. The van der Waals surface area contributed by atoms with E-state index in [-0.39, 0.29) is 52.2 Å². The molecule has 0 unspecified atom stereocenters. The smallest absolute Gasteiger partial charge is 0.316 e. The van der Waals surface area contributed by atoms with Gasteiger partial charge in [-0.1, -0.05) is 44.0 Å². The molecule has 2 aromatic rings. The third-order valence-corrected chi connectivity index (χ3v) is 10.4. The number of hydrogen-bond acceptors (Lipinski definition) is 5. The molecule has 5 atom stereocenters. The fraction of sp³-hybridized carbons (Fsp3) is 0.429. The van der Waals surface area contributed by atoms with Gasteiger partial charge in [-0.3, -0.25) is 19.2 Å². The highest BCUT2D eigenvalue weighted by molar-refractivity contribution is 9.12. The zero-order valence-corrected chi connectivity index (χ0v) is 24.0. The molecule has 0 N–H and O–H groups in total. The van der Waals surface area contributed by atoms with Gasteiger partial charge in [-0.15, -0.1) is 0 Å². The molecule has 5 rings (SSSR count). The molecular formula is C28H28Br2N2O5. The fourth-order valence-corrected chi connectivity index (χ4v) is 6.82. The lowest BCUT2D eigenvalue weighted by Gasteiger charge is -2.29. The highest BCUT2D eigenvalue weighted by atomic mass is 79.9. The van der Waals surface area contributed by atoms with Crippen LogP contribution in [0.15, 0.2) is 36.4 Å². The monoisotopic (exact) mass is 630 g/mol. The third-order valence-electron chi connectivity index (χ3n) is 7.65. The number of amides is 3. The second-order valence-corrected chi connectivity index (χ2v) is 12.6. The molecule has 0 radical (unpaired) electrons. The molecule has 3 fully saturated rings. The number of fused-ring (bicyclic) bond motifs is 1. The number of benzene rings is 2. The lowest BCUT2D eigenvalue weighted by Crippen LogP contribution is -2.34. The summed E-state index contributed by atoms with van der Waals surface area (Å²) >= 11 is 7.23. The number of ether oxygens (including phenoxy) is 1. The van der Waals surface area contributed by atoms with E-state index in [0.29, 0.717) is 29.8 Å². The summed E-state index contributed by atoms with van der Waals surface area (Å²) in [6.07, 6.45) is 1.30. The van der Waals surface area contributed by atoms with Crippen LogP contribution in [-0.4, -0.2) is 39.9 Å². The van der Waals surface area contributed by atoms with Crippen molar-refractivity contribution < 1.29 is 23.9 Å². The van der Waals surface area contributed by atoms with Crippen LogP contribution in [0.2, 0.25) is 0 Å². The zero-order chi connectivity index (χ0) is 26.6. The number of rotatable bonds is 4. The first-order valence-corrected chi connectivity index (χ1v) is 14.2. The van der Waals surface area contributed by atoms with Gasteiger partial charge in [0.1, 0.15) is 5.75 Å². The number of esters is 1. The van der Waals surface area contributed by atoms with Crippen LogP contribution in [-0.2, 0) is 19.2 Å². The quantitative estimate of drug-likeness (QED) is 0.205. The number of anilines is 2. The van der Waals surface area contributed by atoms with Gasteiger partial charge in [0.25, 0.3) is 0 Å². The van der Waals surface area contributed by atoms with E-state index in [1.165, 1.54) is 4.90 Å². The molecule has 9 heteroatoms. The Kier molecular flexibility index (Phi) is 7.04. The molecule has 1 aliphatic carbocycles. The molecule has 2 heterocycles. The maximum atomic E-state index is 13.2. The second kappa shape index (κ2) is 9.98. The van der Waals surface area contributed by atoms with Gasteiger partial charge in [-0.2, -0.15) is 0 Å². The van der Waals surface area contributed by atoms with Gasteiger partial charge in [0.2, 0.25) is 17.7 Å². The lowest BCUT2D eigenvalue weighted by molar-refractivity contribution is -0.139. The van der Waals surface area contributed by atoms with E-state index in [0.717, 1.165) is 16.8 Å². The van der Waals surface area contributed by atoms with Gasteiger partial charge in [-0.05, 0) is 74.6 Å². The zero-order valence-electron chi connectivity index (χ0n) is 20.9. The predicted molar refractivity (Wildman–Crippen MR) is 147 cm³/mol. The first-order valence-electron chi connectivity index (χ1n) is 12.4. The molecule has 2 saturated heterocycles. The molecule has 2 aromatic carbocycles. The Morgan fingerprint density at radius 3 is 2.14 bits per heavy atom. The van der Waals surface area contributed by atoms with E-state index >= 15 is 0 Å². The minimum atomic E-state index is -0.577. The number of imide groups is 1. The number of hydrogen-bond donors (Lipinski definition) is 0. The van der Waals surface area contributed by atoms with Crippen molar-refractivity contribution >= 4 is 66.9 Å². The standard InChI is InChI=1S/C28H28Br2N2O5/c1-14-4-5-15(2)24(8-14)31-13-17(10-25(31)33)28(36)37-18-6-7-23(16(3)9-18)32-26(34)19-11-21(29)22(30)12-20(19)27(32)35/h4-9,17,19-22H,10-13H2,1-3H3/t17-,19-,20+,21+,22-/m1/s1. The Labute approximate surface area is 232 Å². The fourth-order valence-electron chi connectivity index (χ4n) is 5.58. The van der Waals surface area contributed by atoms with Crippen molar-refractivity contribution in [3.05, 3.63) is 53.1 Å². The maximum absolute atomic E-state index is 13.2. The van der Waals surface area contributed by atoms with Crippen LogP contribution in [0.1, 0.15) is 36.0 Å². The van der Waals surface area contributed by atoms with Crippen molar-refractivity contribution in [2.75, 3.05) is 16.3 Å². The summed E-state index contributed by atoms with van der Waals surface area (Å²) in [6, 6.07) is 10.8. The summed E-state index contributed by atoms with van der Waals surface area (Å²) in [4.78, 5) is 55.2. The van der Waals surface area contributed by atoms with Crippen LogP contribution in [0.5, 0.6) is 5.75 Å². The third kappa shape index (κ3) is 4.76. The molecule has 194 valence electrons. The summed E-state index contributed by atoms with van der Waals surface area (Å²) in [5, 5.41) is 0. The Bertz CT molecular complexity index is 1280. The first kappa shape index (κ1) is 26.1. The molecule has 7 nitrogen and oxygen atoms in total. The molecule has 2 aliphatic heterocycles. The van der Waals surface area contributed by atoms with E-state index in [1.54, 1.807) is 30.0 Å². The summed E-state index contributed by atoms with van der Waals surface area (Å²) in [6.45, 7) is 5.97. The second-order valence-electron chi connectivity index (χ2n) is 10.3. The predicted octanol–water partition coefficient (Wildman–Crippen LogP) is 5.00. The Balaban J connectivity index is 1.29. The van der Waals surface area contributed by atoms with Gasteiger partial charge in [0, 0.05) is 28.3 Å². The molecule has 1 saturated carbocycles. The number of halogens is 2. The molecule has 37 heavy (non-hydrogen) atoms. The average molecular weight is 632 g/mol. The summed E-state index contributed by atoms with van der Waals surface area (Å²) in [7, 11) is 0. The Hall–Kier alpha value is -2.52. The van der Waals surface area contributed by atoms with Crippen LogP contribution in [0, 0.1) is 38.5 Å². The van der Waals surface area contributed by atoms with E-state index in [9.17, 15) is 19.2 Å². The van der Waals surface area contributed by atoms with Crippen LogP contribution in [0.25, 0.3) is 0 Å². The van der Waals surface area contributed by atoms with Crippen molar-refractivity contribution in [3.8, 4) is 5.75 Å². The molecule has 3 aliphatic rings. The van der Waals surface area contributed by atoms with Gasteiger partial charge >= 0.3 is 5.97 Å². The van der Waals surface area contributed by atoms with E-state index in [1.807, 2.05) is 32.0 Å². The van der Waals surface area contributed by atoms with Gasteiger partial charge in [0.05, 0.1) is 23.4 Å². The van der Waals surface area contributed by atoms with Gasteiger partial charge in [0.15, 0.2) is 0 Å². The number of nitrogens with zero attached hydrogens (tertiary/aromatic N) is 2. The summed E-state index contributed by atoms with van der Waals surface area (Å²) < 4.78 is 5.64. The van der Waals surface area contributed by atoms with Crippen molar-refractivity contribution in [2.45, 2.75) is 49.7 Å². The molecular weight excluding hydrogens is 604 g/mol. The number of aryl methyl sites for hydroxylation is 3. The first-order chi connectivity index (χ1) is 17.5. The largest absolute Gasteiger partial charge is 0.426 e. The Morgan fingerprint density at radius 1 is 0.865 bits per heavy atom. The summed E-state index contributed by atoms with van der Waals surface area (Å²) in [5.74, 6) is -1.85. The topological polar surface area (TPSA) is 84.0 Å². The minimum Gasteiger partial charge on any atom is -0.426 e. The van der Waals surface area contributed by atoms with Crippen LogP contribution >= 0.6 is 31.9 Å². The maximum Gasteiger partial charge on any atom is 0.316 e. The van der Waals surface area contributed by atoms with Crippen molar-refractivity contribution in [2.24, 2.45) is 17.8 Å². The number of alkyl halides is 2.